The summed E-state index contributed by atoms with van der Waals surface area (Å²) in [4.78, 5) is 11.2. The normalized spacial score (nSPS) is 35.0. The number of carbonyl (C=O) groups excluding carboxylic acids is 1. The van der Waals surface area contributed by atoms with Gasteiger partial charge in [0.1, 0.15) is 6.10 Å². The first-order chi connectivity index (χ1) is 6.19. The molecule has 0 aromatic rings. The van der Waals surface area contributed by atoms with E-state index in [0.717, 1.165) is 0 Å². The Kier molecular flexibility index (Phi) is 3.84. The maximum absolute atomic E-state index is 11.2. The third kappa shape index (κ3) is 2.49. The molecule has 1 fully saturated rings. The second-order valence-corrected chi connectivity index (χ2v) is 3.28. The molecule has 76 valence electrons. The summed E-state index contributed by atoms with van der Waals surface area (Å²) in [5, 5.41) is 8.83. The fourth-order valence-corrected chi connectivity index (χ4v) is 1.43. The SMILES string of the molecule is CCOC1OC(CO)C(=O)CC1C. The van der Waals surface area contributed by atoms with Gasteiger partial charge in [0.25, 0.3) is 0 Å². The van der Waals surface area contributed by atoms with Crippen LogP contribution in [0.2, 0.25) is 0 Å². The molecule has 1 heterocycles. The van der Waals surface area contributed by atoms with Crippen LogP contribution in [0.25, 0.3) is 0 Å². The number of carbonyl (C=O) groups is 1. The molecular weight excluding hydrogens is 172 g/mol. The van der Waals surface area contributed by atoms with Gasteiger partial charge in [0, 0.05) is 18.9 Å². The van der Waals surface area contributed by atoms with Crippen molar-refractivity contribution in [3.05, 3.63) is 0 Å². The number of rotatable bonds is 3. The summed E-state index contributed by atoms with van der Waals surface area (Å²) < 4.78 is 10.6. The molecule has 0 aromatic carbocycles. The Bertz CT molecular complexity index is 180. The molecule has 0 spiro atoms. The van der Waals surface area contributed by atoms with Gasteiger partial charge in [0.15, 0.2) is 12.1 Å². The fraction of sp³-hybridized carbons (Fsp3) is 0.889. The van der Waals surface area contributed by atoms with Crippen LogP contribution in [0.15, 0.2) is 0 Å². The summed E-state index contributed by atoms with van der Waals surface area (Å²) in [6, 6.07) is 0. The fourth-order valence-electron chi connectivity index (χ4n) is 1.43. The van der Waals surface area contributed by atoms with Gasteiger partial charge in [-0.2, -0.15) is 0 Å². The van der Waals surface area contributed by atoms with Crippen LogP contribution >= 0.6 is 0 Å². The second-order valence-electron chi connectivity index (χ2n) is 3.28. The molecule has 1 saturated heterocycles. The average molecular weight is 188 g/mol. The highest BCUT2D eigenvalue weighted by Gasteiger charge is 2.34. The molecule has 1 aliphatic heterocycles. The van der Waals surface area contributed by atoms with Crippen molar-refractivity contribution in [2.45, 2.75) is 32.7 Å². The van der Waals surface area contributed by atoms with E-state index >= 15 is 0 Å². The van der Waals surface area contributed by atoms with Crippen molar-refractivity contribution in [1.29, 1.82) is 0 Å². The van der Waals surface area contributed by atoms with Crippen molar-refractivity contribution in [3.63, 3.8) is 0 Å². The molecule has 0 amide bonds. The van der Waals surface area contributed by atoms with Crippen LogP contribution in [0, 0.1) is 5.92 Å². The minimum Gasteiger partial charge on any atom is -0.393 e. The van der Waals surface area contributed by atoms with Gasteiger partial charge >= 0.3 is 0 Å². The summed E-state index contributed by atoms with van der Waals surface area (Å²) in [6.07, 6.45) is -0.608. The van der Waals surface area contributed by atoms with Gasteiger partial charge in [0.05, 0.1) is 6.61 Å². The molecule has 1 aliphatic rings. The third-order valence-corrected chi connectivity index (χ3v) is 2.14. The Hall–Kier alpha value is -0.450. The maximum Gasteiger partial charge on any atom is 0.164 e. The Morgan fingerprint density at radius 1 is 1.69 bits per heavy atom. The predicted octanol–water partition coefficient (Wildman–Crippen LogP) is 0.335. The van der Waals surface area contributed by atoms with Gasteiger partial charge in [-0.05, 0) is 6.92 Å². The largest absolute Gasteiger partial charge is 0.393 e. The summed E-state index contributed by atoms with van der Waals surface area (Å²) in [7, 11) is 0. The monoisotopic (exact) mass is 188 g/mol. The highest BCUT2D eigenvalue weighted by atomic mass is 16.7. The quantitative estimate of drug-likeness (QED) is 0.693. The first-order valence-corrected chi connectivity index (χ1v) is 4.59. The number of aliphatic hydroxyl groups excluding tert-OH is 1. The number of ketones is 1. The highest BCUT2D eigenvalue weighted by molar-refractivity contribution is 5.84. The van der Waals surface area contributed by atoms with Crippen LogP contribution < -0.4 is 0 Å². The zero-order valence-electron chi connectivity index (χ0n) is 8.03. The molecular formula is C9H16O4. The van der Waals surface area contributed by atoms with E-state index in [-0.39, 0.29) is 24.6 Å². The lowest BCUT2D eigenvalue weighted by molar-refractivity contribution is -0.217. The Morgan fingerprint density at radius 2 is 2.38 bits per heavy atom. The highest BCUT2D eigenvalue weighted by Crippen LogP contribution is 2.22. The molecule has 3 unspecified atom stereocenters. The molecule has 3 atom stereocenters. The predicted molar refractivity (Wildman–Crippen MR) is 46.2 cm³/mol. The third-order valence-electron chi connectivity index (χ3n) is 2.14. The van der Waals surface area contributed by atoms with E-state index in [4.69, 9.17) is 14.6 Å². The average Bonchev–Trinajstić information content (AvgIpc) is 2.10. The standard InChI is InChI=1S/C9H16O4/c1-3-12-9-6(2)4-7(11)8(5-10)13-9/h6,8-10H,3-5H2,1-2H3. The van der Waals surface area contributed by atoms with E-state index in [1.54, 1.807) is 0 Å². The van der Waals surface area contributed by atoms with Crippen molar-refractivity contribution >= 4 is 5.78 Å². The summed E-state index contributed by atoms with van der Waals surface area (Å²) in [5.74, 6) is 0.0428. The zero-order valence-corrected chi connectivity index (χ0v) is 8.03. The van der Waals surface area contributed by atoms with Crippen molar-refractivity contribution in [2.75, 3.05) is 13.2 Å². The van der Waals surface area contributed by atoms with Crippen LogP contribution in [-0.4, -0.2) is 36.5 Å². The molecule has 1 N–H and O–H groups in total. The molecule has 0 radical (unpaired) electrons. The first-order valence-electron chi connectivity index (χ1n) is 4.59. The molecule has 4 heteroatoms. The number of Topliss-reactive ketones (excluding diaryl/α,β-unsaturated/α-hetero) is 1. The van der Waals surface area contributed by atoms with Crippen molar-refractivity contribution in [3.8, 4) is 0 Å². The Labute approximate surface area is 77.8 Å². The minimum absolute atomic E-state index is 0.0362. The van der Waals surface area contributed by atoms with Crippen molar-refractivity contribution < 1.29 is 19.4 Å². The smallest absolute Gasteiger partial charge is 0.164 e. The second kappa shape index (κ2) is 4.69. The van der Waals surface area contributed by atoms with E-state index in [2.05, 4.69) is 0 Å². The van der Waals surface area contributed by atoms with Crippen LogP contribution in [-0.2, 0) is 14.3 Å². The van der Waals surface area contributed by atoms with Gasteiger partial charge in [0.2, 0.25) is 0 Å². The van der Waals surface area contributed by atoms with Crippen LogP contribution in [0.4, 0.5) is 0 Å². The lowest BCUT2D eigenvalue weighted by atomic mass is 9.98. The van der Waals surface area contributed by atoms with Crippen LogP contribution in [0.3, 0.4) is 0 Å². The van der Waals surface area contributed by atoms with E-state index in [0.29, 0.717) is 13.0 Å². The lowest BCUT2D eigenvalue weighted by Crippen LogP contribution is -2.43. The van der Waals surface area contributed by atoms with Crippen LogP contribution in [0.5, 0.6) is 0 Å². The molecule has 0 saturated carbocycles. The van der Waals surface area contributed by atoms with Gasteiger partial charge < -0.3 is 14.6 Å². The number of ether oxygens (including phenoxy) is 2. The topological polar surface area (TPSA) is 55.8 Å². The van der Waals surface area contributed by atoms with Gasteiger partial charge in [-0.3, -0.25) is 4.79 Å². The Morgan fingerprint density at radius 3 is 2.92 bits per heavy atom. The molecule has 4 nitrogen and oxygen atoms in total. The number of hydrogen-bond acceptors (Lipinski definition) is 4. The minimum atomic E-state index is -0.687. The van der Waals surface area contributed by atoms with E-state index < -0.39 is 6.10 Å². The maximum atomic E-state index is 11.2. The number of hydrogen-bond donors (Lipinski definition) is 1. The molecule has 1 rings (SSSR count). The Balaban J connectivity index is 2.53. The lowest BCUT2D eigenvalue weighted by Gasteiger charge is -2.32. The van der Waals surface area contributed by atoms with Crippen molar-refractivity contribution in [2.24, 2.45) is 5.92 Å². The van der Waals surface area contributed by atoms with E-state index in [1.807, 2.05) is 13.8 Å². The van der Waals surface area contributed by atoms with Gasteiger partial charge in [-0.1, -0.05) is 6.92 Å². The molecule has 0 bridgehead atoms. The first kappa shape index (κ1) is 10.6. The summed E-state index contributed by atoms with van der Waals surface area (Å²) in [6.45, 7) is 4.09. The van der Waals surface area contributed by atoms with E-state index in [9.17, 15) is 4.79 Å². The van der Waals surface area contributed by atoms with Crippen molar-refractivity contribution in [1.82, 2.24) is 0 Å². The van der Waals surface area contributed by atoms with E-state index in [1.165, 1.54) is 0 Å². The van der Waals surface area contributed by atoms with Gasteiger partial charge in [-0.15, -0.1) is 0 Å². The van der Waals surface area contributed by atoms with Crippen LogP contribution in [0.1, 0.15) is 20.3 Å². The summed E-state index contributed by atoms with van der Waals surface area (Å²) >= 11 is 0. The molecule has 13 heavy (non-hydrogen) atoms. The summed E-state index contributed by atoms with van der Waals surface area (Å²) in [5.41, 5.74) is 0. The van der Waals surface area contributed by atoms with Gasteiger partial charge in [-0.25, -0.2) is 0 Å². The molecule has 0 aliphatic carbocycles. The number of aliphatic hydroxyl groups is 1. The molecule has 0 aromatic heterocycles. The zero-order chi connectivity index (χ0) is 9.84.